The zero-order chi connectivity index (χ0) is 10.9. The molecule has 74 valence electrons. The second kappa shape index (κ2) is 3.71. The van der Waals surface area contributed by atoms with E-state index in [1.807, 2.05) is 0 Å². The number of aliphatic carboxylic acids is 2. The lowest BCUT2D eigenvalue weighted by atomic mass is 9.93. The van der Waals surface area contributed by atoms with Gasteiger partial charge in [0, 0.05) is 0 Å². The second-order valence-electron chi connectivity index (χ2n) is 2.74. The molecule has 0 heterocycles. The smallest absolute Gasteiger partial charge is 0.335 e. The minimum atomic E-state index is -1.13. The summed E-state index contributed by atoms with van der Waals surface area (Å²) < 4.78 is 0. The van der Waals surface area contributed by atoms with Crippen LogP contribution in [0.1, 0.15) is 0 Å². The minimum Gasteiger partial charge on any atom is -0.478 e. The molecule has 0 spiro atoms. The van der Waals surface area contributed by atoms with Gasteiger partial charge in [0.15, 0.2) is 0 Å². The number of allylic oxidation sites excluding steroid dienone is 2. The van der Waals surface area contributed by atoms with E-state index in [-0.39, 0.29) is 16.7 Å². The quantitative estimate of drug-likeness (QED) is 0.594. The van der Waals surface area contributed by atoms with Crippen molar-refractivity contribution in [3.05, 3.63) is 35.5 Å². The molecule has 0 aliphatic heterocycles. The van der Waals surface area contributed by atoms with Crippen LogP contribution in [0.5, 0.6) is 0 Å². The van der Waals surface area contributed by atoms with Crippen molar-refractivity contribution in [3.63, 3.8) is 0 Å². The monoisotopic (exact) mass is 212 g/mol. The minimum absolute atomic E-state index is 0.00463. The van der Waals surface area contributed by atoms with Crippen LogP contribution >= 0.6 is 12.6 Å². The molecule has 0 fully saturated rings. The van der Waals surface area contributed by atoms with E-state index >= 15 is 0 Å². The van der Waals surface area contributed by atoms with Gasteiger partial charge in [-0.3, -0.25) is 0 Å². The SMILES string of the molecule is C=C1C(C(=O)O)=CC=C(C(=O)O)C1S. The van der Waals surface area contributed by atoms with E-state index in [1.54, 1.807) is 0 Å². The molecule has 0 bridgehead atoms. The largest absolute Gasteiger partial charge is 0.478 e. The van der Waals surface area contributed by atoms with Crippen molar-refractivity contribution in [2.45, 2.75) is 5.25 Å². The lowest BCUT2D eigenvalue weighted by molar-refractivity contribution is -0.134. The lowest BCUT2D eigenvalue weighted by Gasteiger charge is -2.18. The van der Waals surface area contributed by atoms with Crippen molar-refractivity contribution < 1.29 is 19.8 Å². The summed E-state index contributed by atoms with van der Waals surface area (Å²) in [4.78, 5) is 21.3. The molecule has 0 aromatic heterocycles. The molecule has 2 N–H and O–H groups in total. The molecule has 1 atom stereocenters. The molecule has 1 aliphatic rings. The molecule has 1 unspecified atom stereocenters. The van der Waals surface area contributed by atoms with Crippen LogP contribution in [0.2, 0.25) is 0 Å². The first-order valence-corrected chi connectivity index (χ1v) is 4.22. The maximum Gasteiger partial charge on any atom is 0.335 e. The Morgan fingerprint density at radius 1 is 1.29 bits per heavy atom. The van der Waals surface area contributed by atoms with Gasteiger partial charge in [0.2, 0.25) is 0 Å². The number of thiol groups is 1. The Hall–Kier alpha value is -1.49. The Bertz CT molecular complexity index is 378. The highest BCUT2D eigenvalue weighted by molar-refractivity contribution is 7.81. The van der Waals surface area contributed by atoms with Gasteiger partial charge < -0.3 is 10.2 Å². The standard InChI is InChI=1S/C9H8O4S/c1-4-5(8(10)11)2-3-6(7(4)14)9(12)13/h2-3,7,14H,1H2,(H,10,11)(H,12,13). The molecule has 0 saturated heterocycles. The predicted molar refractivity (Wildman–Crippen MR) is 53.4 cm³/mol. The van der Waals surface area contributed by atoms with Crippen LogP contribution in [-0.4, -0.2) is 27.4 Å². The first-order chi connectivity index (χ1) is 6.45. The normalized spacial score (nSPS) is 21.2. The highest BCUT2D eigenvalue weighted by atomic mass is 32.1. The van der Waals surface area contributed by atoms with E-state index in [0.29, 0.717) is 0 Å². The van der Waals surface area contributed by atoms with Gasteiger partial charge in [-0.2, -0.15) is 12.6 Å². The van der Waals surface area contributed by atoms with Gasteiger partial charge in [-0.1, -0.05) is 6.58 Å². The molecule has 4 nitrogen and oxygen atoms in total. The topological polar surface area (TPSA) is 74.6 Å². The Morgan fingerprint density at radius 2 is 1.86 bits per heavy atom. The van der Waals surface area contributed by atoms with Gasteiger partial charge in [0.1, 0.15) is 0 Å². The number of rotatable bonds is 2. The molecule has 1 aliphatic carbocycles. The third-order valence-corrected chi connectivity index (χ3v) is 2.47. The van der Waals surface area contributed by atoms with Crippen molar-refractivity contribution in [3.8, 4) is 0 Å². The number of carboxylic acid groups (broad SMARTS) is 2. The predicted octanol–water partition coefficient (Wildman–Crippen LogP) is 0.877. The number of carboxylic acids is 2. The molecule has 1 rings (SSSR count). The average molecular weight is 212 g/mol. The number of carbonyl (C=O) groups is 2. The second-order valence-corrected chi connectivity index (χ2v) is 3.26. The summed E-state index contributed by atoms with van der Waals surface area (Å²) in [5, 5.41) is 16.7. The van der Waals surface area contributed by atoms with Gasteiger partial charge in [0.25, 0.3) is 0 Å². The molecule has 0 saturated carbocycles. The summed E-state index contributed by atoms with van der Waals surface area (Å²) in [6.45, 7) is 3.50. The first kappa shape index (κ1) is 10.6. The molecule has 0 amide bonds. The van der Waals surface area contributed by atoms with Gasteiger partial charge in [0.05, 0.1) is 16.4 Å². The summed E-state index contributed by atoms with van der Waals surface area (Å²) >= 11 is 3.99. The van der Waals surface area contributed by atoms with Crippen LogP contribution in [0.3, 0.4) is 0 Å². The number of hydrogen-bond donors (Lipinski definition) is 3. The van der Waals surface area contributed by atoms with Crippen LogP contribution < -0.4 is 0 Å². The Morgan fingerprint density at radius 3 is 2.29 bits per heavy atom. The van der Waals surface area contributed by atoms with Crippen molar-refractivity contribution >= 4 is 24.6 Å². The summed E-state index contributed by atoms with van der Waals surface area (Å²) in [6, 6.07) is 0. The van der Waals surface area contributed by atoms with Crippen molar-refractivity contribution in [2.75, 3.05) is 0 Å². The fraction of sp³-hybridized carbons (Fsp3) is 0.111. The van der Waals surface area contributed by atoms with Crippen LogP contribution in [-0.2, 0) is 9.59 Å². The summed E-state index contributed by atoms with van der Waals surface area (Å²) in [5.74, 6) is -2.25. The van der Waals surface area contributed by atoms with Crippen molar-refractivity contribution in [1.82, 2.24) is 0 Å². The Balaban J connectivity index is 3.14. The van der Waals surface area contributed by atoms with Gasteiger partial charge >= 0.3 is 11.9 Å². The fourth-order valence-corrected chi connectivity index (χ4v) is 1.44. The Kier molecular flexibility index (Phi) is 2.81. The summed E-state index contributed by atoms with van der Waals surface area (Å²) in [7, 11) is 0. The maximum atomic E-state index is 10.7. The molecule has 5 heteroatoms. The summed E-state index contributed by atoms with van der Waals surface area (Å²) in [6.07, 6.45) is 2.46. The highest BCUT2D eigenvalue weighted by Crippen LogP contribution is 2.28. The van der Waals surface area contributed by atoms with E-state index in [2.05, 4.69) is 19.2 Å². The molecule has 0 radical (unpaired) electrons. The van der Waals surface area contributed by atoms with E-state index in [1.165, 1.54) is 12.2 Å². The van der Waals surface area contributed by atoms with Crippen LogP contribution in [0.4, 0.5) is 0 Å². The Labute approximate surface area is 85.7 Å². The summed E-state index contributed by atoms with van der Waals surface area (Å²) in [5.41, 5.74) is 0.221. The van der Waals surface area contributed by atoms with Gasteiger partial charge in [-0.25, -0.2) is 9.59 Å². The van der Waals surface area contributed by atoms with Gasteiger partial charge in [-0.05, 0) is 17.7 Å². The molecule has 0 aromatic carbocycles. The van der Waals surface area contributed by atoms with Crippen molar-refractivity contribution in [1.29, 1.82) is 0 Å². The van der Waals surface area contributed by atoms with E-state index < -0.39 is 17.2 Å². The van der Waals surface area contributed by atoms with Crippen LogP contribution in [0, 0.1) is 0 Å². The van der Waals surface area contributed by atoms with Crippen LogP contribution in [0.25, 0.3) is 0 Å². The molecule has 14 heavy (non-hydrogen) atoms. The van der Waals surface area contributed by atoms with E-state index in [0.717, 1.165) is 0 Å². The highest BCUT2D eigenvalue weighted by Gasteiger charge is 2.27. The van der Waals surface area contributed by atoms with Crippen LogP contribution in [0.15, 0.2) is 35.5 Å². The molecule has 0 aromatic rings. The van der Waals surface area contributed by atoms with Gasteiger partial charge in [-0.15, -0.1) is 0 Å². The third kappa shape index (κ3) is 1.72. The zero-order valence-corrected chi connectivity index (χ0v) is 7.99. The van der Waals surface area contributed by atoms with Crippen molar-refractivity contribution in [2.24, 2.45) is 0 Å². The average Bonchev–Trinajstić information content (AvgIpc) is 2.08. The molecular formula is C9H8O4S. The lowest BCUT2D eigenvalue weighted by Crippen LogP contribution is -2.21. The first-order valence-electron chi connectivity index (χ1n) is 3.71. The van der Waals surface area contributed by atoms with E-state index in [4.69, 9.17) is 10.2 Å². The maximum absolute atomic E-state index is 10.7. The zero-order valence-electron chi connectivity index (χ0n) is 7.10. The third-order valence-electron chi connectivity index (χ3n) is 1.88. The fourth-order valence-electron chi connectivity index (χ4n) is 1.10. The molecular weight excluding hydrogens is 204 g/mol. The number of hydrogen-bond acceptors (Lipinski definition) is 3. The van der Waals surface area contributed by atoms with E-state index in [9.17, 15) is 9.59 Å².